The molecule has 0 saturated heterocycles. The Labute approximate surface area is 118 Å². The van der Waals surface area contributed by atoms with Crippen LogP contribution in [0.2, 0.25) is 0 Å². The first-order chi connectivity index (χ1) is 9.56. The van der Waals surface area contributed by atoms with Gasteiger partial charge in [0.2, 0.25) is 5.91 Å². The second-order valence-electron chi connectivity index (χ2n) is 5.36. The standard InChI is InChI=1S/C15H20N2O3/c16-12-9-11(15(19)20)6-7-13(12)17-14(18)8-10-4-2-1-3-5-10/h6-7,9-10H,1-5,8,16H2,(H,17,18)(H,19,20). The minimum atomic E-state index is -1.03. The number of anilines is 2. The van der Waals surface area contributed by atoms with Gasteiger partial charge in [0, 0.05) is 6.42 Å². The molecule has 2 rings (SSSR count). The summed E-state index contributed by atoms with van der Waals surface area (Å²) in [4.78, 5) is 22.8. The number of nitrogen functional groups attached to an aromatic ring is 1. The third kappa shape index (κ3) is 3.73. The van der Waals surface area contributed by atoms with Crippen LogP contribution in [0.15, 0.2) is 18.2 Å². The molecule has 0 aromatic heterocycles. The van der Waals surface area contributed by atoms with Gasteiger partial charge >= 0.3 is 5.97 Å². The molecule has 1 saturated carbocycles. The van der Waals surface area contributed by atoms with Crippen LogP contribution in [0.5, 0.6) is 0 Å². The van der Waals surface area contributed by atoms with Crippen molar-refractivity contribution < 1.29 is 14.7 Å². The van der Waals surface area contributed by atoms with Crippen LogP contribution < -0.4 is 11.1 Å². The van der Waals surface area contributed by atoms with Crippen molar-refractivity contribution >= 4 is 23.3 Å². The molecule has 5 heteroatoms. The molecule has 0 aliphatic heterocycles. The molecule has 0 unspecified atom stereocenters. The van der Waals surface area contributed by atoms with Crippen molar-refractivity contribution in [3.05, 3.63) is 23.8 Å². The maximum absolute atomic E-state index is 12.0. The number of carbonyl (C=O) groups excluding carboxylic acids is 1. The SMILES string of the molecule is Nc1cc(C(=O)O)ccc1NC(=O)CC1CCCCC1. The predicted octanol–water partition coefficient (Wildman–Crippen LogP) is 2.88. The summed E-state index contributed by atoms with van der Waals surface area (Å²) in [6.45, 7) is 0. The third-order valence-electron chi connectivity index (χ3n) is 3.77. The summed E-state index contributed by atoms with van der Waals surface area (Å²) in [6.07, 6.45) is 6.41. The number of hydrogen-bond acceptors (Lipinski definition) is 3. The van der Waals surface area contributed by atoms with Crippen molar-refractivity contribution in [2.75, 3.05) is 11.1 Å². The van der Waals surface area contributed by atoms with E-state index in [2.05, 4.69) is 5.32 Å². The minimum Gasteiger partial charge on any atom is -0.478 e. The summed E-state index contributed by atoms with van der Waals surface area (Å²) in [5, 5.41) is 11.6. The molecule has 1 aliphatic carbocycles. The van der Waals surface area contributed by atoms with Crippen LogP contribution in [0.25, 0.3) is 0 Å². The molecule has 0 radical (unpaired) electrons. The number of carboxylic acids is 1. The highest BCUT2D eigenvalue weighted by Gasteiger charge is 2.17. The smallest absolute Gasteiger partial charge is 0.335 e. The Balaban J connectivity index is 1.95. The number of carbonyl (C=O) groups is 2. The van der Waals surface area contributed by atoms with Crippen molar-refractivity contribution in [2.45, 2.75) is 38.5 Å². The topological polar surface area (TPSA) is 92.4 Å². The van der Waals surface area contributed by atoms with Crippen LogP contribution >= 0.6 is 0 Å². The largest absolute Gasteiger partial charge is 0.478 e. The lowest BCUT2D eigenvalue weighted by Gasteiger charge is -2.21. The van der Waals surface area contributed by atoms with Crippen molar-refractivity contribution in [1.29, 1.82) is 0 Å². The summed E-state index contributed by atoms with van der Waals surface area (Å²) in [5.41, 5.74) is 6.64. The quantitative estimate of drug-likeness (QED) is 0.737. The van der Waals surface area contributed by atoms with Crippen LogP contribution in [0.3, 0.4) is 0 Å². The molecule has 1 fully saturated rings. The van der Waals surface area contributed by atoms with Gasteiger partial charge in [0.15, 0.2) is 0 Å². The van der Waals surface area contributed by atoms with E-state index in [1.54, 1.807) is 0 Å². The zero-order valence-electron chi connectivity index (χ0n) is 11.4. The van der Waals surface area contributed by atoms with E-state index >= 15 is 0 Å². The molecule has 0 heterocycles. The van der Waals surface area contributed by atoms with Crippen LogP contribution in [0, 0.1) is 5.92 Å². The summed E-state index contributed by atoms with van der Waals surface area (Å²) in [5.74, 6) is -0.619. The molecule has 108 valence electrons. The molecular weight excluding hydrogens is 256 g/mol. The Morgan fingerprint density at radius 2 is 1.95 bits per heavy atom. The fourth-order valence-corrected chi connectivity index (χ4v) is 2.66. The van der Waals surface area contributed by atoms with Crippen LogP contribution in [-0.2, 0) is 4.79 Å². The maximum atomic E-state index is 12.0. The molecule has 0 atom stereocenters. The van der Waals surface area contributed by atoms with Crippen molar-refractivity contribution in [3.8, 4) is 0 Å². The van der Waals surface area contributed by atoms with Gasteiger partial charge in [-0.25, -0.2) is 4.79 Å². The minimum absolute atomic E-state index is 0.0494. The van der Waals surface area contributed by atoms with Gasteiger partial charge in [-0.2, -0.15) is 0 Å². The van der Waals surface area contributed by atoms with E-state index in [9.17, 15) is 9.59 Å². The zero-order chi connectivity index (χ0) is 14.5. The van der Waals surface area contributed by atoms with Gasteiger partial charge < -0.3 is 16.2 Å². The molecule has 1 aromatic rings. The monoisotopic (exact) mass is 276 g/mol. The highest BCUT2D eigenvalue weighted by Crippen LogP contribution is 2.27. The summed E-state index contributed by atoms with van der Waals surface area (Å²) >= 11 is 0. The zero-order valence-corrected chi connectivity index (χ0v) is 11.4. The fourth-order valence-electron chi connectivity index (χ4n) is 2.66. The third-order valence-corrected chi connectivity index (χ3v) is 3.77. The van der Waals surface area contributed by atoms with E-state index in [0.717, 1.165) is 12.8 Å². The second-order valence-corrected chi connectivity index (χ2v) is 5.36. The molecule has 0 spiro atoms. The maximum Gasteiger partial charge on any atom is 0.335 e. The lowest BCUT2D eigenvalue weighted by molar-refractivity contribution is -0.117. The van der Waals surface area contributed by atoms with E-state index in [-0.39, 0.29) is 17.2 Å². The average molecular weight is 276 g/mol. The van der Waals surface area contributed by atoms with Crippen molar-refractivity contribution in [1.82, 2.24) is 0 Å². The Bertz CT molecular complexity index is 508. The normalized spacial score (nSPS) is 15.8. The number of benzene rings is 1. The molecule has 5 nitrogen and oxygen atoms in total. The van der Waals surface area contributed by atoms with Gasteiger partial charge in [-0.1, -0.05) is 19.3 Å². The molecule has 1 amide bonds. The molecule has 1 aromatic carbocycles. The number of hydrogen-bond donors (Lipinski definition) is 3. The Morgan fingerprint density at radius 3 is 2.55 bits per heavy atom. The van der Waals surface area contributed by atoms with E-state index in [1.807, 2.05) is 0 Å². The van der Waals surface area contributed by atoms with E-state index in [1.165, 1.54) is 37.5 Å². The highest BCUT2D eigenvalue weighted by atomic mass is 16.4. The number of aromatic carboxylic acids is 1. The Kier molecular flexibility index (Phi) is 4.61. The molecule has 0 bridgehead atoms. The summed E-state index contributed by atoms with van der Waals surface area (Å²) in [7, 11) is 0. The first kappa shape index (κ1) is 14.4. The Morgan fingerprint density at radius 1 is 1.25 bits per heavy atom. The molecule has 4 N–H and O–H groups in total. The van der Waals surface area contributed by atoms with Gasteiger partial charge in [-0.05, 0) is 37.0 Å². The van der Waals surface area contributed by atoms with Gasteiger partial charge in [0.05, 0.1) is 16.9 Å². The second kappa shape index (κ2) is 6.41. The van der Waals surface area contributed by atoms with Gasteiger partial charge in [0.25, 0.3) is 0 Å². The first-order valence-electron chi connectivity index (χ1n) is 6.99. The van der Waals surface area contributed by atoms with Crippen LogP contribution in [0.4, 0.5) is 11.4 Å². The fraction of sp³-hybridized carbons (Fsp3) is 0.467. The molecule has 1 aliphatic rings. The van der Waals surface area contributed by atoms with Crippen LogP contribution in [-0.4, -0.2) is 17.0 Å². The van der Waals surface area contributed by atoms with Crippen molar-refractivity contribution in [3.63, 3.8) is 0 Å². The highest BCUT2D eigenvalue weighted by molar-refractivity contribution is 5.96. The number of amides is 1. The number of nitrogens with two attached hydrogens (primary N) is 1. The lowest BCUT2D eigenvalue weighted by Crippen LogP contribution is -2.19. The summed E-state index contributed by atoms with van der Waals surface area (Å²) in [6, 6.07) is 4.34. The number of nitrogens with one attached hydrogen (secondary N) is 1. The first-order valence-corrected chi connectivity index (χ1v) is 6.99. The molecule has 20 heavy (non-hydrogen) atoms. The lowest BCUT2D eigenvalue weighted by atomic mass is 9.87. The summed E-state index contributed by atoms with van der Waals surface area (Å²) < 4.78 is 0. The van der Waals surface area contributed by atoms with Gasteiger partial charge in [-0.3, -0.25) is 4.79 Å². The van der Waals surface area contributed by atoms with Gasteiger partial charge in [-0.15, -0.1) is 0 Å². The Hall–Kier alpha value is -2.04. The van der Waals surface area contributed by atoms with Gasteiger partial charge in [0.1, 0.15) is 0 Å². The van der Waals surface area contributed by atoms with Crippen LogP contribution in [0.1, 0.15) is 48.9 Å². The number of rotatable bonds is 4. The van der Waals surface area contributed by atoms with E-state index < -0.39 is 5.97 Å². The average Bonchev–Trinajstić information content (AvgIpc) is 2.42. The van der Waals surface area contributed by atoms with Crippen molar-refractivity contribution in [2.24, 2.45) is 5.92 Å². The number of carboxylic acid groups (broad SMARTS) is 1. The molecular formula is C15H20N2O3. The van der Waals surface area contributed by atoms with E-state index in [0.29, 0.717) is 18.0 Å². The predicted molar refractivity (Wildman–Crippen MR) is 77.6 cm³/mol. The van der Waals surface area contributed by atoms with E-state index in [4.69, 9.17) is 10.8 Å².